The van der Waals surface area contributed by atoms with Crippen molar-refractivity contribution in [3.05, 3.63) is 36.5 Å². The molecule has 0 aliphatic heterocycles. The molecule has 0 heterocycles. The minimum absolute atomic E-state index is 0.0648. The highest BCUT2D eigenvalue weighted by atomic mass is 16.4. The van der Waals surface area contributed by atoms with E-state index in [-0.39, 0.29) is 11.1 Å². The van der Waals surface area contributed by atoms with Crippen molar-refractivity contribution in [3.8, 4) is 0 Å². The summed E-state index contributed by atoms with van der Waals surface area (Å²) in [7, 11) is 0. The monoisotopic (exact) mass is 226 g/mol. The molecule has 0 aromatic carbocycles. The van der Waals surface area contributed by atoms with E-state index in [1.54, 1.807) is 0 Å². The molecule has 4 nitrogen and oxygen atoms in total. The minimum Gasteiger partial charge on any atom is -0.545 e. The van der Waals surface area contributed by atoms with Gasteiger partial charge >= 0.3 is 0 Å². The number of allylic oxidation sites excluding steroid dienone is 1. The predicted octanol–water partition coefficient (Wildman–Crippen LogP) is 0.207. The number of carboxylic acid groups (broad SMARTS) is 2. The molecule has 0 unspecified atom stereocenters. The SMILES string of the molecule is C=C(C)C.C=C(C)C(=O)[O-].C=C(C)C(=O)[O-]. The maximum Gasteiger partial charge on any atom is 0.0666 e. The highest BCUT2D eigenvalue weighted by Gasteiger charge is 1.76. The van der Waals surface area contributed by atoms with Gasteiger partial charge in [-0.15, -0.1) is 6.58 Å². The Bertz CT molecular complexity index is 235. The van der Waals surface area contributed by atoms with Crippen LogP contribution >= 0.6 is 0 Å². The van der Waals surface area contributed by atoms with E-state index in [2.05, 4.69) is 19.7 Å². The second-order valence-electron chi connectivity index (χ2n) is 3.34. The van der Waals surface area contributed by atoms with Crippen LogP contribution in [0.2, 0.25) is 0 Å². The summed E-state index contributed by atoms with van der Waals surface area (Å²) in [4.78, 5) is 19.0. The molecule has 0 saturated heterocycles. The topological polar surface area (TPSA) is 80.3 Å². The third-order valence-corrected chi connectivity index (χ3v) is 0.697. The van der Waals surface area contributed by atoms with E-state index in [0.29, 0.717) is 0 Å². The second-order valence-corrected chi connectivity index (χ2v) is 3.34. The van der Waals surface area contributed by atoms with Crippen LogP contribution in [0.15, 0.2) is 36.5 Å². The Morgan fingerprint density at radius 3 is 0.812 bits per heavy atom. The van der Waals surface area contributed by atoms with E-state index in [1.165, 1.54) is 19.4 Å². The molecule has 0 radical (unpaired) electrons. The zero-order valence-corrected chi connectivity index (χ0v) is 10.3. The van der Waals surface area contributed by atoms with Crippen LogP contribution in [0.25, 0.3) is 0 Å². The molecule has 0 saturated carbocycles. The van der Waals surface area contributed by atoms with Crippen molar-refractivity contribution in [2.24, 2.45) is 0 Å². The van der Waals surface area contributed by atoms with E-state index in [4.69, 9.17) is 0 Å². The number of aliphatic carboxylic acids is 2. The van der Waals surface area contributed by atoms with Gasteiger partial charge in [0.1, 0.15) is 0 Å². The fraction of sp³-hybridized carbons (Fsp3) is 0.333. The zero-order valence-electron chi connectivity index (χ0n) is 10.3. The van der Waals surface area contributed by atoms with Gasteiger partial charge in [-0.05, 0) is 38.8 Å². The number of carbonyl (C=O) groups excluding carboxylic acids is 2. The molecule has 0 aromatic rings. The van der Waals surface area contributed by atoms with Crippen molar-refractivity contribution in [1.29, 1.82) is 0 Å². The average Bonchev–Trinajstić information content (AvgIpc) is 2.03. The first-order valence-electron chi connectivity index (χ1n) is 4.38. The van der Waals surface area contributed by atoms with Crippen molar-refractivity contribution in [3.63, 3.8) is 0 Å². The van der Waals surface area contributed by atoms with Crippen LogP contribution in [-0.4, -0.2) is 11.9 Å². The fourth-order valence-electron chi connectivity index (χ4n) is 0. The molecule has 0 fully saturated rings. The first kappa shape index (κ1) is 19.7. The van der Waals surface area contributed by atoms with E-state index in [1.807, 2.05) is 13.8 Å². The molecule has 0 aliphatic carbocycles. The molecule has 0 bridgehead atoms. The third-order valence-electron chi connectivity index (χ3n) is 0.697. The number of rotatable bonds is 2. The Kier molecular flexibility index (Phi) is 13.8. The van der Waals surface area contributed by atoms with Crippen LogP contribution < -0.4 is 10.2 Å². The average molecular weight is 226 g/mol. The maximum absolute atomic E-state index is 9.49. The molecule has 0 aliphatic rings. The molecular formula is C12H18O4-2. The largest absolute Gasteiger partial charge is 0.545 e. The molecule has 0 amide bonds. The van der Waals surface area contributed by atoms with Gasteiger partial charge in [0.2, 0.25) is 0 Å². The van der Waals surface area contributed by atoms with Crippen LogP contribution in [0.1, 0.15) is 27.7 Å². The summed E-state index contributed by atoms with van der Waals surface area (Å²) in [6, 6.07) is 0. The molecule has 16 heavy (non-hydrogen) atoms. The molecule has 0 rings (SSSR count). The van der Waals surface area contributed by atoms with Gasteiger partial charge in [-0.1, -0.05) is 18.7 Å². The number of hydrogen-bond donors (Lipinski definition) is 0. The minimum atomic E-state index is -1.19. The predicted molar refractivity (Wildman–Crippen MR) is 60.1 cm³/mol. The third kappa shape index (κ3) is 39.9. The van der Waals surface area contributed by atoms with Crippen LogP contribution in [0, 0.1) is 0 Å². The van der Waals surface area contributed by atoms with Gasteiger partial charge in [-0.25, -0.2) is 0 Å². The normalized spacial score (nSPS) is 7.25. The van der Waals surface area contributed by atoms with Gasteiger partial charge in [-0.2, -0.15) is 0 Å². The van der Waals surface area contributed by atoms with Gasteiger partial charge in [0, 0.05) is 0 Å². The Balaban J connectivity index is -0.000000162. The summed E-state index contributed by atoms with van der Waals surface area (Å²) in [5, 5.41) is 19.0. The quantitative estimate of drug-likeness (QED) is 0.498. The van der Waals surface area contributed by atoms with Gasteiger partial charge in [-0.3, -0.25) is 0 Å². The van der Waals surface area contributed by atoms with Gasteiger partial charge in [0.25, 0.3) is 0 Å². The van der Waals surface area contributed by atoms with Crippen LogP contribution in [0.4, 0.5) is 0 Å². The van der Waals surface area contributed by atoms with Crippen LogP contribution in [-0.2, 0) is 9.59 Å². The Morgan fingerprint density at radius 1 is 0.750 bits per heavy atom. The maximum atomic E-state index is 9.49. The van der Waals surface area contributed by atoms with Gasteiger partial charge in [0.05, 0.1) is 11.9 Å². The first-order valence-corrected chi connectivity index (χ1v) is 4.38. The number of carboxylic acids is 2. The summed E-state index contributed by atoms with van der Waals surface area (Å²) in [6.45, 7) is 16.5. The number of hydrogen-bond acceptors (Lipinski definition) is 4. The lowest BCUT2D eigenvalue weighted by Gasteiger charge is -1.93. The van der Waals surface area contributed by atoms with Crippen LogP contribution in [0.5, 0.6) is 0 Å². The smallest absolute Gasteiger partial charge is 0.0666 e. The summed E-state index contributed by atoms with van der Waals surface area (Å²) in [5.74, 6) is -2.37. The second kappa shape index (κ2) is 11.2. The summed E-state index contributed by atoms with van der Waals surface area (Å²) >= 11 is 0. The van der Waals surface area contributed by atoms with E-state index >= 15 is 0 Å². The van der Waals surface area contributed by atoms with Crippen LogP contribution in [0.3, 0.4) is 0 Å². The standard InChI is InChI=1S/2C4H6O2.C4H8/c2*1-3(2)4(5)6;1-4(2)3/h2*1H2,2H3,(H,5,6);1H2,2-3H3/p-2. The lowest BCUT2D eigenvalue weighted by molar-refractivity contribution is -0.300. The molecule has 92 valence electrons. The summed E-state index contributed by atoms with van der Waals surface area (Å²) in [5.41, 5.74) is 1.30. The summed E-state index contributed by atoms with van der Waals surface area (Å²) < 4.78 is 0. The molecular weight excluding hydrogens is 208 g/mol. The molecule has 0 spiro atoms. The highest BCUT2D eigenvalue weighted by Crippen LogP contribution is 1.77. The van der Waals surface area contributed by atoms with Crippen molar-refractivity contribution in [1.82, 2.24) is 0 Å². The Morgan fingerprint density at radius 2 is 0.812 bits per heavy atom. The molecule has 0 atom stereocenters. The first-order chi connectivity index (χ1) is 7.02. The van der Waals surface area contributed by atoms with Crippen molar-refractivity contribution < 1.29 is 19.8 Å². The Labute approximate surface area is 96.6 Å². The molecule has 4 heteroatoms. The van der Waals surface area contributed by atoms with Crippen molar-refractivity contribution in [2.45, 2.75) is 27.7 Å². The fourth-order valence-corrected chi connectivity index (χ4v) is 0. The van der Waals surface area contributed by atoms with E-state index in [9.17, 15) is 19.8 Å². The lowest BCUT2D eigenvalue weighted by Crippen LogP contribution is -2.22. The number of carbonyl (C=O) groups is 2. The molecule has 0 N–H and O–H groups in total. The van der Waals surface area contributed by atoms with Gasteiger partial charge < -0.3 is 19.8 Å². The van der Waals surface area contributed by atoms with E-state index in [0.717, 1.165) is 0 Å². The summed E-state index contributed by atoms with van der Waals surface area (Å²) in [6.07, 6.45) is 0. The molecule has 0 aromatic heterocycles. The van der Waals surface area contributed by atoms with Gasteiger partial charge in [0.15, 0.2) is 0 Å². The van der Waals surface area contributed by atoms with Crippen molar-refractivity contribution >= 4 is 11.9 Å². The Hall–Kier alpha value is -1.84. The highest BCUT2D eigenvalue weighted by molar-refractivity contribution is 5.83. The van der Waals surface area contributed by atoms with E-state index < -0.39 is 11.9 Å². The van der Waals surface area contributed by atoms with Crippen molar-refractivity contribution in [2.75, 3.05) is 0 Å². The zero-order chi connectivity index (χ0) is 13.9. The lowest BCUT2D eigenvalue weighted by atomic mass is 10.4.